The predicted molar refractivity (Wildman–Crippen MR) is 93.2 cm³/mol. The highest BCUT2D eigenvalue weighted by Gasteiger charge is 2.25. The van der Waals surface area contributed by atoms with Crippen molar-refractivity contribution >= 4 is 5.97 Å². The molecular formula is C20H23NO3. The van der Waals surface area contributed by atoms with Crippen LogP contribution >= 0.6 is 0 Å². The summed E-state index contributed by atoms with van der Waals surface area (Å²) in [5, 5.41) is 0. The minimum absolute atomic E-state index is 0.293. The van der Waals surface area contributed by atoms with Crippen molar-refractivity contribution in [2.75, 3.05) is 20.8 Å². The van der Waals surface area contributed by atoms with Crippen LogP contribution in [0.3, 0.4) is 0 Å². The van der Waals surface area contributed by atoms with Gasteiger partial charge in [-0.1, -0.05) is 24.3 Å². The van der Waals surface area contributed by atoms with Gasteiger partial charge in [0.1, 0.15) is 5.75 Å². The molecule has 4 heteroatoms. The second-order valence-electron chi connectivity index (χ2n) is 6.09. The van der Waals surface area contributed by atoms with Crippen LogP contribution < -0.4 is 4.74 Å². The second kappa shape index (κ2) is 7.49. The van der Waals surface area contributed by atoms with E-state index in [4.69, 9.17) is 9.47 Å². The van der Waals surface area contributed by atoms with Crippen LogP contribution in [0.15, 0.2) is 48.5 Å². The standard InChI is InChI=1S/C20H23NO3/c1-23-18-11-9-16(10-12-18)19-4-3-13-21(19)14-15-5-7-17(8-6-15)20(22)24-2/h5-12,19H,3-4,13-14H2,1-2H3/t19-/m0/s1. The van der Waals surface area contributed by atoms with E-state index in [0.29, 0.717) is 11.6 Å². The van der Waals surface area contributed by atoms with Crippen LogP contribution in [-0.4, -0.2) is 31.6 Å². The fourth-order valence-corrected chi connectivity index (χ4v) is 3.32. The molecule has 1 aliphatic rings. The zero-order chi connectivity index (χ0) is 16.9. The summed E-state index contributed by atoms with van der Waals surface area (Å²) in [6.45, 7) is 1.98. The molecule has 0 bridgehead atoms. The van der Waals surface area contributed by atoms with E-state index in [0.717, 1.165) is 18.8 Å². The van der Waals surface area contributed by atoms with Crippen LogP contribution in [0, 0.1) is 0 Å². The third-order valence-electron chi connectivity index (χ3n) is 4.62. The molecule has 1 fully saturated rings. The molecule has 1 saturated heterocycles. The van der Waals surface area contributed by atoms with Gasteiger partial charge < -0.3 is 9.47 Å². The molecule has 4 nitrogen and oxygen atoms in total. The number of hydrogen-bond donors (Lipinski definition) is 0. The average Bonchev–Trinajstić information content (AvgIpc) is 3.10. The maximum absolute atomic E-state index is 11.5. The van der Waals surface area contributed by atoms with Gasteiger partial charge in [0.25, 0.3) is 0 Å². The first-order valence-corrected chi connectivity index (χ1v) is 8.26. The van der Waals surface area contributed by atoms with Crippen LogP contribution in [0.5, 0.6) is 5.75 Å². The van der Waals surface area contributed by atoms with Gasteiger partial charge in [-0.25, -0.2) is 4.79 Å². The Labute approximate surface area is 143 Å². The molecule has 0 spiro atoms. The van der Waals surface area contributed by atoms with Gasteiger partial charge in [-0.15, -0.1) is 0 Å². The molecule has 0 amide bonds. The Hall–Kier alpha value is -2.33. The first kappa shape index (κ1) is 16.5. The monoisotopic (exact) mass is 325 g/mol. The lowest BCUT2D eigenvalue weighted by Crippen LogP contribution is -2.22. The first-order valence-electron chi connectivity index (χ1n) is 8.26. The van der Waals surface area contributed by atoms with E-state index in [-0.39, 0.29) is 5.97 Å². The van der Waals surface area contributed by atoms with Crippen LogP contribution in [0.4, 0.5) is 0 Å². The molecule has 0 aromatic heterocycles. The van der Waals surface area contributed by atoms with Crippen LogP contribution in [-0.2, 0) is 11.3 Å². The molecule has 3 rings (SSSR count). The highest BCUT2D eigenvalue weighted by Crippen LogP contribution is 2.33. The molecule has 1 aliphatic heterocycles. The van der Waals surface area contributed by atoms with Crippen LogP contribution in [0.1, 0.15) is 40.4 Å². The fraction of sp³-hybridized carbons (Fsp3) is 0.350. The number of likely N-dealkylation sites (tertiary alicyclic amines) is 1. The first-order chi connectivity index (χ1) is 11.7. The molecule has 1 atom stereocenters. The van der Waals surface area contributed by atoms with Crippen molar-refractivity contribution in [3.63, 3.8) is 0 Å². The summed E-state index contributed by atoms with van der Waals surface area (Å²) in [7, 11) is 3.09. The normalized spacial score (nSPS) is 17.7. The lowest BCUT2D eigenvalue weighted by Gasteiger charge is -2.25. The lowest BCUT2D eigenvalue weighted by molar-refractivity contribution is 0.0600. The lowest BCUT2D eigenvalue weighted by atomic mass is 10.0. The number of carbonyl (C=O) groups excluding carboxylic acids is 1. The van der Waals surface area contributed by atoms with E-state index in [1.807, 2.05) is 36.4 Å². The van der Waals surface area contributed by atoms with E-state index in [9.17, 15) is 4.79 Å². The SMILES string of the molecule is COC(=O)c1ccc(CN2CCC[C@H]2c2ccc(OC)cc2)cc1. The predicted octanol–water partition coefficient (Wildman–Crippen LogP) is 3.82. The Morgan fingerprint density at radius 1 is 1.08 bits per heavy atom. The van der Waals surface area contributed by atoms with Crippen molar-refractivity contribution in [2.24, 2.45) is 0 Å². The van der Waals surface area contributed by atoms with Crippen molar-refractivity contribution in [3.8, 4) is 5.75 Å². The quantitative estimate of drug-likeness (QED) is 0.784. The smallest absolute Gasteiger partial charge is 0.337 e. The number of esters is 1. The Morgan fingerprint density at radius 2 is 1.79 bits per heavy atom. The maximum atomic E-state index is 11.5. The number of ether oxygens (including phenoxy) is 2. The fourth-order valence-electron chi connectivity index (χ4n) is 3.32. The van der Waals surface area contributed by atoms with Gasteiger partial charge in [0, 0.05) is 12.6 Å². The van der Waals surface area contributed by atoms with Gasteiger partial charge in [-0.2, -0.15) is 0 Å². The number of hydrogen-bond acceptors (Lipinski definition) is 4. The number of benzene rings is 2. The van der Waals surface area contributed by atoms with Crippen molar-refractivity contribution in [1.82, 2.24) is 4.90 Å². The van der Waals surface area contributed by atoms with E-state index in [2.05, 4.69) is 17.0 Å². The summed E-state index contributed by atoms with van der Waals surface area (Å²) in [6, 6.07) is 16.5. The summed E-state index contributed by atoms with van der Waals surface area (Å²) >= 11 is 0. The Bertz CT molecular complexity index is 679. The summed E-state index contributed by atoms with van der Waals surface area (Å²) in [5.41, 5.74) is 3.14. The molecule has 24 heavy (non-hydrogen) atoms. The minimum Gasteiger partial charge on any atom is -0.497 e. The molecule has 2 aromatic rings. The molecule has 1 heterocycles. The van der Waals surface area contributed by atoms with Gasteiger partial charge in [-0.05, 0) is 54.8 Å². The Kier molecular flexibility index (Phi) is 5.16. The van der Waals surface area contributed by atoms with E-state index in [1.54, 1.807) is 7.11 Å². The summed E-state index contributed by atoms with van der Waals surface area (Å²) in [6.07, 6.45) is 2.38. The number of rotatable bonds is 5. The van der Waals surface area contributed by atoms with Gasteiger partial charge in [0.15, 0.2) is 0 Å². The second-order valence-corrected chi connectivity index (χ2v) is 6.09. The Morgan fingerprint density at radius 3 is 2.42 bits per heavy atom. The number of methoxy groups -OCH3 is 2. The maximum Gasteiger partial charge on any atom is 0.337 e. The summed E-state index contributed by atoms with van der Waals surface area (Å²) in [4.78, 5) is 14.0. The zero-order valence-corrected chi connectivity index (χ0v) is 14.2. The molecular weight excluding hydrogens is 302 g/mol. The minimum atomic E-state index is -0.293. The number of carbonyl (C=O) groups is 1. The van der Waals surface area contributed by atoms with Crippen molar-refractivity contribution in [2.45, 2.75) is 25.4 Å². The van der Waals surface area contributed by atoms with Crippen LogP contribution in [0.2, 0.25) is 0 Å². The van der Waals surface area contributed by atoms with Gasteiger partial charge in [0.05, 0.1) is 19.8 Å². The summed E-state index contributed by atoms with van der Waals surface area (Å²) in [5.74, 6) is 0.598. The van der Waals surface area contributed by atoms with Crippen LogP contribution in [0.25, 0.3) is 0 Å². The molecule has 0 radical (unpaired) electrons. The van der Waals surface area contributed by atoms with E-state index >= 15 is 0 Å². The number of nitrogens with zero attached hydrogens (tertiary/aromatic N) is 1. The molecule has 2 aromatic carbocycles. The highest BCUT2D eigenvalue weighted by atomic mass is 16.5. The van der Waals surface area contributed by atoms with Gasteiger partial charge in [-0.3, -0.25) is 4.90 Å². The molecule has 0 unspecified atom stereocenters. The van der Waals surface area contributed by atoms with Crippen molar-refractivity contribution in [1.29, 1.82) is 0 Å². The van der Waals surface area contributed by atoms with Gasteiger partial charge >= 0.3 is 5.97 Å². The van der Waals surface area contributed by atoms with E-state index < -0.39 is 0 Å². The van der Waals surface area contributed by atoms with Crippen molar-refractivity contribution in [3.05, 3.63) is 65.2 Å². The van der Waals surface area contributed by atoms with Crippen molar-refractivity contribution < 1.29 is 14.3 Å². The molecule has 0 N–H and O–H groups in total. The molecule has 0 saturated carbocycles. The molecule has 126 valence electrons. The Balaban J connectivity index is 1.70. The zero-order valence-electron chi connectivity index (χ0n) is 14.2. The average molecular weight is 325 g/mol. The summed E-state index contributed by atoms with van der Waals surface area (Å²) < 4.78 is 9.99. The topological polar surface area (TPSA) is 38.8 Å². The largest absolute Gasteiger partial charge is 0.497 e. The third kappa shape index (κ3) is 3.60. The molecule has 0 aliphatic carbocycles. The van der Waals surface area contributed by atoms with Gasteiger partial charge in [0.2, 0.25) is 0 Å². The third-order valence-corrected chi connectivity index (χ3v) is 4.62. The highest BCUT2D eigenvalue weighted by molar-refractivity contribution is 5.89. The van der Waals surface area contributed by atoms with E-state index in [1.165, 1.54) is 31.1 Å².